The fourth-order valence-corrected chi connectivity index (χ4v) is 2.03. The van der Waals surface area contributed by atoms with Gasteiger partial charge in [-0.3, -0.25) is 0 Å². The van der Waals surface area contributed by atoms with Crippen molar-refractivity contribution in [3.8, 4) is 0 Å². The Morgan fingerprint density at radius 3 is 3.06 bits per heavy atom. The molecule has 4 heteroatoms. The van der Waals surface area contributed by atoms with Gasteiger partial charge in [-0.25, -0.2) is 4.39 Å². The maximum atomic E-state index is 12.8. The standard InChI is InChI=1S/C12H15ClFNO/c13-12-6-10(14)4-3-9(12)8-16-11-2-1-5-15-7-11/h3-4,6,11,15H,1-2,5,7-8H2/t11-/m0/s1. The molecule has 88 valence electrons. The molecule has 0 unspecified atom stereocenters. The van der Waals surface area contributed by atoms with Crippen LogP contribution in [-0.4, -0.2) is 19.2 Å². The Balaban J connectivity index is 1.88. The van der Waals surface area contributed by atoms with E-state index < -0.39 is 0 Å². The third-order valence-corrected chi connectivity index (χ3v) is 3.09. The Hall–Kier alpha value is -0.640. The molecule has 1 aromatic carbocycles. The van der Waals surface area contributed by atoms with Gasteiger partial charge in [-0.2, -0.15) is 0 Å². The van der Waals surface area contributed by atoms with Crippen LogP contribution in [0.4, 0.5) is 4.39 Å². The minimum Gasteiger partial charge on any atom is -0.372 e. The first kappa shape index (κ1) is 11.8. The van der Waals surface area contributed by atoms with E-state index in [9.17, 15) is 4.39 Å². The van der Waals surface area contributed by atoms with Crippen molar-refractivity contribution in [1.82, 2.24) is 5.32 Å². The lowest BCUT2D eigenvalue weighted by atomic mass is 10.1. The van der Waals surface area contributed by atoms with Crippen LogP contribution in [0.1, 0.15) is 18.4 Å². The highest BCUT2D eigenvalue weighted by Crippen LogP contribution is 2.19. The molecule has 0 amide bonds. The van der Waals surface area contributed by atoms with Crippen LogP contribution < -0.4 is 5.32 Å². The summed E-state index contributed by atoms with van der Waals surface area (Å²) in [5, 5.41) is 3.71. The van der Waals surface area contributed by atoms with E-state index in [0.29, 0.717) is 11.6 Å². The van der Waals surface area contributed by atoms with Crippen molar-refractivity contribution in [1.29, 1.82) is 0 Å². The average Bonchev–Trinajstić information content (AvgIpc) is 2.29. The van der Waals surface area contributed by atoms with Crippen molar-refractivity contribution in [2.24, 2.45) is 0 Å². The third-order valence-electron chi connectivity index (χ3n) is 2.74. The van der Waals surface area contributed by atoms with Crippen LogP contribution in [0.3, 0.4) is 0 Å². The first-order chi connectivity index (χ1) is 7.75. The SMILES string of the molecule is Fc1ccc(CO[C@H]2CCCNC2)c(Cl)c1. The smallest absolute Gasteiger partial charge is 0.124 e. The summed E-state index contributed by atoms with van der Waals surface area (Å²) in [7, 11) is 0. The number of ether oxygens (including phenoxy) is 1. The number of hydrogen-bond donors (Lipinski definition) is 1. The average molecular weight is 244 g/mol. The predicted octanol–water partition coefficient (Wildman–Crippen LogP) is 2.75. The normalized spacial score (nSPS) is 21.0. The van der Waals surface area contributed by atoms with Crippen molar-refractivity contribution in [2.45, 2.75) is 25.6 Å². The Morgan fingerprint density at radius 2 is 2.38 bits per heavy atom. The van der Waals surface area contributed by atoms with Crippen molar-refractivity contribution in [3.63, 3.8) is 0 Å². The molecule has 0 saturated carbocycles. The highest BCUT2D eigenvalue weighted by molar-refractivity contribution is 6.31. The summed E-state index contributed by atoms with van der Waals surface area (Å²) in [5.74, 6) is -0.312. The number of piperidine rings is 1. The van der Waals surface area contributed by atoms with Gasteiger partial charge in [0.15, 0.2) is 0 Å². The molecule has 1 atom stereocenters. The minimum absolute atomic E-state index is 0.245. The molecule has 16 heavy (non-hydrogen) atoms. The van der Waals surface area contributed by atoms with Gasteiger partial charge in [-0.15, -0.1) is 0 Å². The van der Waals surface area contributed by atoms with Gasteiger partial charge in [0.2, 0.25) is 0 Å². The van der Waals surface area contributed by atoms with Gasteiger partial charge >= 0.3 is 0 Å². The lowest BCUT2D eigenvalue weighted by Crippen LogP contribution is -2.35. The molecule has 1 N–H and O–H groups in total. The second-order valence-electron chi connectivity index (χ2n) is 4.02. The second kappa shape index (κ2) is 5.62. The van der Waals surface area contributed by atoms with Gasteiger partial charge in [0.25, 0.3) is 0 Å². The summed E-state index contributed by atoms with van der Waals surface area (Å²) < 4.78 is 18.5. The molecule has 0 spiro atoms. The third kappa shape index (κ3) is 3.17. The molecule has 0 aromatic heterocycles. The topological polar surface area (TPSA) is 21.3 Å². The maximum absolute atomic E-state index is 12.8. The van der Waals surface area contributed by atoms with Gasteiger partial charge in [-0.05, 0) is 37.1 Å². The summed E-state index contributed by atoms with van der Waals surface area (Å²) in [6.07, 6.45) is 2.46. The summed E-state index contributed by atoms with van der Waals surface area (Å²) in [4.78, 5) is 0. The first-order valence-corrected chi connectivity index (χ1v) is 5.90. The Kier molecular flexibility index (Phi) is 4.16. The van der Waals surface area contributed by atoms with Crippen molar-refractivity contribution >= 4 is 11.6 Å². The molecular weight excluding hydrogens is 229 g/mol. The van der Waals surface area contributed by atoms with E-state index in [0.717, 1.165) is 31.5 Å². The maximum Gasteiger partial charge on any atom is 0.124 e. The molecule has 1 fully saturated rings. The van der Waals surface area contributed by atoms with Crippen LogP contribution in [0.25, 0.3) is 0 Å². The van der Waals surface area contributed by atoms with Crippen molar-refractivity contribution < 1.29 is 9.13 Å². The molecular formula is C12H15ClFNO. The van der Waals surface area contributed by atoms with Gasteiger partial charge in [0.05, 0.1) is 12.7 Å². The van der Waals surface area contributed by atoms with Crippen LogP contribution in [0.15, 0.2) is 18.2 Å². The second-order valence-corrected chi connectivity index (χ2v) is 4.42. The molecule has 1 aromatic rings. The summed E-state index contributed by atoms with van der Waals surface area (Å²) in [5.41, 5.74) is 0.841. The molecule has 1 heterocycles. The van der Waals surface area contributed by atoms with E-state index >= 15 is 0 Å². The van der Waals surface area contributed by atoms with Gasteiger partial charge < -0.3 is 10.1 Å². The van der Waals surface area contributed by atoms with E-state index in [1.165, 1.54) is 12.1 Å². The van der Waals surface area contributed by atoms with Gasteiger partial charge in [0.1, 0.15) is 5.82 Å². The molecule has 2 nitrogen and oxygen atoms in total. The predicted molar refractivity (Wildman–Crippen MR) is 62.1 cm³/mol. The number of nitrogens with one attached hydrogen (secondary N) is 1. The molecule has 1 aliphatic rings. The van der Waals surface area contributed by atoms with Crippen molar-refractivity contribution in [3.05, 3.63) is 34.6 Å². The first-order valence-electron chi connectivity index (χ1n) is 5.52. The number of benzene rings is 1. The van der Waals surface area contributed by atoms with Crippen LogP contribution in [0.2, 0.25) is 5.02 Å². The molecule has 0 bridgehead atoms. The molecule has 0 radical (unpaired) electrons. The highest BCUT2D eigenvalue weighted by atomic mass is 35.5. The van der Waals surface area contributed by atoms with Crippen LogP contribution in [0.5, 0.6) is 0 Å². The van der Waals surface area contributed by atoms with E-state index in [4.69, 9.17) is 16.3 Å². The summed E-state index contributed by atoms with van der Waals surface area (Å²) in [6, 6.07) is 4.40. The fourth-order valence-electron chi connectivity index (χ4n) is 1.81. The highest BCUT2D eigenvalue weighted by Gasteiger charge is 2.13. The van der Waals surface area contributed by atoms with E-state index in [-0.39, 0.29) is 11.9 Å². The van der Waals surface area contributed by atoms with Gasteiger partial charge in [-0.1, -0.05) is 17.7 Å². The largest absolute Gasteiger partial charge is 0.372 e. The van der Waals surface area contributed by atoms with Crippen molar-refractivity contribution in [2.75, 3.05) is 13.1 Å². The summed E-state index contributed by atoms with van der Waals surface area (Å²) >= 11 is 5.91. The Bertz CT molecular complexity index is 353. The van der Waals surface area contributed by atoms with E-state index in [2.05, 4.69) is 5.32 Å². The number of hydrogen-bond acceptors (Lipinski definition) is 2. The quantitative estimate of drug-likeness (QED) is 0.882. The lowest BCUT2D eigenvalue weighted by molar-refractivity contribution is 0.0253. The van der Waals surface area contributed by atoms with Crippen LogP contribution in [0, 0.1) is 5.82 Å². The Labute approximate surface area is 99.7 Å². The summed E-state index contributed by atoms with van der Waals surface area (Å²) in [6.45, 7) is 2.40. The van der Waals surface area contributed by atoms with Gasteiger partial charge in [0, 0.05) is 11.6 Å². The van der Waals surface area contributed by atoms with E-state index in [1.54, 1.807) is 6.07 Å². The minimum atomic E-state index is -0.312. The molecule has 0 aliphatic carbocycles. The number of rotatable bonds is 3. The zero-order valence-corrected chi connectivity index (χ0v) is 9.77. The van der Waals surface area contributed by atoms with Crippen LogP contribution in [-0.2, 0) is 11.3 Å². The molecule has 1 aliphatic heterocycles. The van der Waals surface area contributed by atoms with E-state index in [1.807, 2.05) is 0 Å². The zero-order chi connectivity index (χ0) is 11.4. The molecule has 2 rings (SSSR count). The fraction of sp³-hybridized carbons (Fsp3) is 0.500. The monoisotopic (exact) mass is 243 g/mol. The van der Waals surface area contributed by atoms with Crippen LogP contribution >= 0.6 is 11.6 Å². The lowest BCUT2D eigenvalue weighted by Gasteiger charge is -2.23. The molecule has 1 saturated heterocycles. The zero-order valence-electron chi connectivity index (χ0n) is 9.01. The number of halogens is 2. The Morgan fingerprint density at radius 1 is 1.50 bits per heavy atom.